The molecular weight excluding hydrogens is 785 g/mol. The van der Waals surface area contributed by atoms with Crippen LogP contribution in [0.2, 0.25) is 0 Å². The Labute approximate surface area is 381 Å². The van der Waals surface area contributed by atoms with Crippen molar-refractivity contribution in [2.75, 3.05) is 4.90 Å². The zero-order valence-corrected chi connectivity index (χ0v) is 36.5. The van der Waals surface area contributed by atoms with E-state index in [4.69, 9.17) is 0 Å². The first kappa shape index (κ1) is 38.5. The Kier molecular flexibility index (Phi) is 9.21. The van der Waals surface area contributed by atoms with Gasteiger partial charge in [-0.15, -0.1) is 0 Å². The summed E-state index contributed by atoms with van der Waals surface area (Å²) < 4.78 is 2.43. The molecule has 0 fully saturated rings. The van der Waals surface area contributed by atoms with Crippen LogP contribution < -0.4 is 4.90 Å². The van der Waals surface area contributed by atoms with Crippen LogP contribution in [0.1, 0.15) is 25.0 Å². The van der Waals surface area contributed by atoms with Crippen molar-refractivity contribution in [3.05, 3.63) is 254 Å². The summed E-state index contributed by atoms with van der Waals surface area (Å²) in [5.74, 6) is 0. The lowest BCUT2D eigenvalue weighted by atomic mass is 9.81. The molecule has 12 rings (SSSR count). The third kappa shape index (κ3) is 6.65. The van der Waals surface area contributed by atoms with Crippen molar-refractivity contribution < 1.29 is 0 Å². The van der Waals surface area contributed by atoms with Gasteiger partial charge in [0.05, 0.1) is 11.0 Å². The summed E-state index contributed by atoms with van der Waals surface area (Å²) in [7, 11) is 0. The summed E-state index contributed by atoms with van der Waals surface area (Å²) >= 11 is 0. The molecule has 0 amide bonds. The fourth-order valence-corrected chi connectivity index (χ4v) is 10.3. The molecule has 0 saturated heterocycles. The molecule has 1 aliphatic carbocycles. The second-order valence-electron chi connectivity index (χ2n) is 17.8. The molecule has 0 aliphatic heterocycles. The van der Waals surface area contributed by atoms with E-state index in [1.54, 1.807) is 0 Å². The van der Waals surface area contributed by atoms with Crippen LogP contribution in [0.15, 0.2) is 243 Å². The van der Waals surface area contributed by atoms with Gasteiger partial charge in [-0.2, -0.15) is 0 Å². The lowest BCUT2D eigenvalue weighted by Crippen LogP contribution is -2.14. The molecule has 0 N–H and O–H groups in total. The highest BCUT2D eigenvalue weighted by atomic mass is 15.1. The van der Waals surface area contributed by atoms with E-state index in [9.17, 15) is 0 Å². The minimum atomic E-state index is -0.0313. The van der Waals surface area contributed by atoms with Crippen LogP contribution in [0.3, 0.4) is 0 Å². The highest BCUT2D eigenvalue weighted by Gasteiger charge is 2.35. The first-order valence-corrected chi connectivity index (χ1v) is 22.6. The Balaban J connectivity index is 0.835. The van der Waals surface area contributed by atoms with Gasteiger partial charge >= 0.3 is 0 Å². The van der Waals surface area contributed by atoms with Crippen LogP contribution >= 0.6 is 0 Å². The Bertz CT molecular complexity index is 3490. The van der Waals surface area contributed by atoms with Gasteiger partial charge in [-0.25, -0.2) is 0 Å². The highest BCUT2D eigenvalue weighted by Crippen LogP contribution is 2.49. The predicted molar refractivity (Wildman–Crippen MR) is 275 cm³/mol. The number of para-hydroxylation sites is 3. The van der Waals surface area contributed by atoms with E-state index in [-0.39, 0.29) is 5.41 Å². The number of benzene rings is 10. The summed E-state index contributed by atoms with van der Waals surface area (Å²) in [6.07, 6.45) is 0. The van der Waals surface area contributed by atoms with E-state index < -0.39 is 0 Å². The van der Waals surface area contributed by atoms with E-state index in [1.165, 1.54) is 88.6 Å². The van der Waals surface area contributed by atoms with Crippen molar-refractivity contribution in [1.82, 2.24) is 4.57 Å². The van der Waals surface area contributed by atoms with E-state index in [1.807, 2.05) is 0 Å². The van der Waals surface area contributed by atoms with Crippen molar-refractivity contribution in [2.45, 2.75) is 19.3 Å². The summed E-state index contributed by atoms with van der Waals surface area (Å²) in [5.41, 5.74) is 22.0. The largest absolute Gasteiger partial charge is 0.311 e. The Morgan fingerprint density at radius 3 is 1.46 bits per heavy atom. The molecule has 1 heterocycles. The van der Waals surface area contributed by atoms with Crippen LogP contribution in [-0.4, -0.2) is 4.57 Å². The minimum absolute atomic E-state index is 0.0313. The number of nitrogens with zero attached hydrogens (tertiary/aromatic N) is 2. The SMILES string of the molecule is CC1(C)c2ccccc2-c2ccc(-c3ccc(-n4c5ccccc5c5ccc(-c6cccc(-c7ccc(-c8ccc(N(c9ccccc9)c9ccccc9)cc8)cc7)c6)cc54)cc3)cc21. The molecule has 0 unspecified atom stereocenters. The van der Waals surface area contributed by atoms with E-state index in [0.29, 0.717) is 0 Å². The number of hydrogen-bond acceptors (Lipinski definition) is 1. The van der Waals surface area contributed by atoms with E-state index in [2.05, 4.69) is 266 Å². The van der Waals surface area contributed by atoms with Gasteiger partial charge in [0.1, 0.15) is 0 Å². The molecule has 308 valence electrons. The summed E-state index contributed by atoms with van der Waals surface area (Å²) in [6.45, 7) is 4.70. The maximum Gasteiger partial charge on any atom is 0.0547 e. The lowest BCUT2D eigenvalue weighted by Gasteiger charge is -2.25. The van der Waals surface area contributed by atoms with Gasteiger partial charge in [0.25, 0.3) is 0 Å². The van der Waals surface area contributed by atoms with Crippen molar-refractivity contribution in [2.24, 2.45) is 0 Å². The molecule has 0 bridgehead atoms. The smallest absolute Gasteiger partial charge is 0.0547 e. The standard InChI is InChI=1S/C63H46N2/c1-63(2)59-22-11-9-20-55(59)56-38-32-49(41-60(56)63)46-30-36-54(37-31-46)65-61-23-12-10-21-57(61)58-39-33-50(42-62(58)65)48-15-13-14-47(40-48)45-26-24-43(25-27-45)44-28-34-53(35-29-44)64(51-16-5-3-6-17-51)52-18-7-4-8-19-52/h3-42H,1-2H3. The average molecular weight is 831 g/mol. The molecule has 1 aliphatic rings. The molecule has 2 nitrogen and oxygen atoms in total. The zero-order chi connectivity index (χ0) is 43.5. The predicted octanol–water partition coefficient (Wildman–Crippen LogP) is 17.2. The van der Waals surface area contributed by atoms with Crippen molar-refractivity contribution >= 4 is 38.9 Å². The molecule has 10 aromatic carbocycles. The summed E-state index contributed by atoms with van der Waals surface area (Å²) in [4.78, 5) is 2.30. The van der Waals surface area contributed by atoms with E-state index in [0.717, 1.165) is 22.7 Å². The second kappa shape index (κ2) is 15.6. The monoisotopic (exact) mass is 830 g/mol. The molecule has 0 saturated carbocycles. The fraction of sp³-hybridized carbons (Fsp3) is 0.0476. The molecule has 2 heteroatoms. The third-order valence-corrected chi connectivity index (χ3v) is 13.6. The number of rotatable bonds is 8. The van der Waals surface area contributed by atoms with Gasteiger partial charge in [0, 0.05) is 38.9 Å². The fourth-order valence-electron chi connectivity index (χ4n) is 10.3. The molecule has 65 heavy (non-hydrogen) atoms. The van der Waals surface area contributed by atoms with Crippen LogP contribution in [0.25, 0.3) is 83.1 Å². The first-order chi connectivity index (χ1) is 32.0. The molecule has 0 radical (unpaired) electrons. The van der Waals surface area contributed by atoms with Crippen LogP contribution in [0, 0.1) is 0 Å². The van der Waals surface area contributed by atoms with Gasteiger partial charge in [-0.1, -0.05) is 184 Å². The number of fused-ring (bicyclic) bond motifs is 6. The Morgan fingerprint density at radius 1 is 0.308 bits per heavy atom. The number of anilines is 3. The van der Waals surface area contributed by atoms with Gasteiger partial charge in [-0.3, -0.25) is 0 Å². The van der Waals surface area contributed by atoms with Gasteiger partial charge in [-0.05, 0) is 140 Å². The van der Waals surface area contributed by atoms with Crippen LogP contribution in [0.4, 0.5) is 17.1 Å². The van der Waals surface area contributed by atoms with Gasteiger partial charge < -0.3 is 9.47 Å². The molecule has 0 spiro atoms. The lowest BCUT2D eigenvalue weighted by molar-refractivity contribution is 0.660. The minimum Gasteiger partial charge on any atom is -0.311 e. The van der Waals surface area contributed by atoms with Crippen LogP contribution in [0.5, 0.6) is 0 Å². The zero-order valence-electron chi connectivity index (χ0n) is 36.5. The Morgan fingerprint density at radius 2 is 0.769 bits per heavy atom. The topological polar surface area (TPSA) is 8.17 Å². The van der Waals surface area contributed by atoms with Gasteiger partial charge in [0.15, 0.2) is 0 Å². The normalized spacial score (nSPS) is 12.6. The van der Waals surface area contributed by atoms with Gasteiger partial charge in [0.2, 0.25) is 0 Å². The number of hydrogen-bond donors (Lipinski definition) is 0. The van der Waals surface area contributed by atoms with Crippen molar-refractivity contribution in [1.29, 1.82) is 0 Å². The first-order valence-electron chi connectivity index (χ1n) is 22.6. The summed E-state index contributed by atoms with van der Waals surface area (Å²) in [5, 5.41) is 2.51. The summed E-state index contributed by atoms with van der Waals surface area (Å²) in [6, 6.07) is 88.6. The molecule has 1 aromatic heterocycles. The quantitative estimate of drug-likeness (QED) is 0.148. The van der Waals surface area contributed by atoms with Crippen LogP contribution in [-0.2, 0) is 5.41 Å². The number of aromatic nitrogens is 1. The maximum absolute atomic E-state index is 2.43. The van der Waals surface area contributed by atoms with E-state index >= 15 is 0 Å². The average Bonchev–Trinajstić information content (AvgIpc) is 3.82. The Hall–Kier alpha value is -8.20. The molecular formula is C63H46N2. The molecule has 0 atom stereocenters. The van der Waals surface area contributed by atoms with Crippen molar-refractivity contribution in [3.63, 3.8) is 0 Å². The molecule has 11 aromatic rings. The highest BCUT2D eigenvalue weighted by molar-refractivity contribution is 6.10. The maximum atomic E-state index is 2.43. The second-order valence-corrected chi connectivity index (χ2v) is 17.8. The third-order valence-electron chi connectivity index (χ3n) is 13.6. The van der Waals surface area contributed by atoms with Crippen molar-refractivity contribution in [3.8, 4) is 61.3 Å².